The predicted octanol–water partition coefficient (Wildman–Crippen LogP) is 1.47. The lowest BCUT2D eigenvalue weighted by molar-refractivity contribution is 0.189. The second-order valence-corrected chi connectivity index (χ2v) is 5.24. The Morgan fingerprint density at radius 2 is 2.29 bits per heavy atom. The lowest BCUT2D eigenvalue weighted by Gasteiger charge is -2.43. The van der Waals surface area contributed by atoms with E-state index in [0.29, 0.717) is 12.0 Å². The third kappa shape index (κ3) is 1.74. The van der Waals surface area contributed by atoms with E-state index in [4.69, 9.17) is 0 Å². The van der Waals surface area contributed by atoms with E-state index in [1.807, 2.05) is 0 Å². The Hall–Kier alpha value is -1.06. The second kappa shape index (κ2) is 4.31. The quantitative estimate of drug-likeness (QED) is 0.687. The highest BCUT2D eigenvalue weighted by molar-refractivity contribution is 5.61. The van der Waals surface area contributed by atoms with Crippen LogP contribution in [-0.2, 0) is 0 Å². The molecule has 3 N–H and O–H groups in total. The molecule has 0 radical (unpaired) electrons. The molecule has 0 aliphatic carbocycles. The van der Waals surface area contributed by atoms with Gasteiger partial charge in [0.1, 0.15) is 0 Å². The van der Waals surface area contributed by atoms with Gasteiger partial charge in [0.05, 0.1) is 6.61 Å². The monoisotopic (exact) mass is 232 g/mol. The highest BCUT2D eigenvalue weighted by Crippen LogP contribution is 2.41. The molecule has 3 nitrogen and oxygen atoms in total. The Morgan fingerprint density at radius 1 is 1.41 bits per heavy atom. The zero-order chi connectivity index (χ0) is 11.8. The van der Waals surface area contributed by atoms with E-state index >= 15 is 0 Å². The van der Waals surface area contributed by atoms with Gasteiger partial charge < -0.3 is 15.7 Å². The van der Waals surface area contributed by atoms with Gasteiger partial charge >= 0.3 is 0 Å². The van der Waals surface area contributed by atoms with Crippen LogP contribution in [0, 0.1) is 12.8 Å². The maximum atomic E-state index is 9.71. The first-order chi connectivity index (χ1) is 8.31. The van der Waals surface area contributed by atoms with Crippen LogP contribution in [0.3, 0.4) is 0 Å². The third-order valence-corrected chi connectivity index (χ3v) is 4.28. The first-order valence-electron chi connectivity index (χ1n) is 6.49. The number of benzene rings is 1. The van der Waals surface area contributed by atoms with Crippen LogP contribution in [0.4, 0.5) is 5.69 Å². The summed E-state index contributed by atoms with van der Waals surface area (Å²) >= 11 is 0. The van der Waals surface area contributed by atoms with Crippen molar-refractivity contribution in [2.45, 2.75) is 25.3 Å². The van der Waals surface area contributed by atoms with Gasteiger partial charge in [-0.3, -0.25) is 0 Å². The van der Waals surface area contributed by atoms with Crippen molar-refractivity contribution in [3.8, 4) is 0 Å². The molecule has 3 atom stereocenters. The minimum atomic E-state index is 0.251. The summed E-state index contributed by atoms with van der Waals surface area (Å²) in [5.74, 6) is 0.798. The van der Waals surface area contributed by atoms with Gasteiger partial charge in [-0.15, -0.1) is 0 Å². The summed E-state index contributed by atoms with van der Waals surface area (Å²) in [6.07, 6.45) is 1.15. The predicted molar refractivity (Wildman–Crippen MR) is 69.4 cm³/mol. The van der Waals surface area contributed by atoms with Crippen LogP contribution in [0.15, 0.2) is 18.2 Å². The largest absolute Gasteiger partial charge is 0.396 e. The molecule has 92 valence electrons. The molecular weight excluding hydrogens is 212 g/mol. The van der Waals surface area contributed by atoms with Crippen molar-refractivity contribution in [2.75, 3.05) is 25.0 Å². The molecule has 1 aromatic rings. The molecule has 0 saturated carbocycles. The van der Waals surface area contributed by atoms with Gasteiger partial charge in [-0.1, -0.05) is 18.2 Å². The summed E-state index contributed by atoms with van der Waals surface area (Å²) in [6, 6.07) is 6.90. The van der Waals surface area contributed by atoms with E-state index in [9.17, 15) is 5.11 Å². The van der Waals surface area contributed by atoms with E-state index in [0.717, 1.165) is 19.5 Å². The van der Waals surface area contributed by atoms with Crippen LogP contribution < -0.4 is 10.6 Å². The van der Waals surface area contributed by atoms with E-state index in [2.05, 4.69) is 35.8 Å². The second-order valence-electron chi connectivity index (χ2n) is 5.24. The topological polar surface area (TPSA) is 44.3 Å². The van der Waals surface area contributed by atoms with Crippen molar-refractivity contribution in [3.63, 3.8) is 0 Å². The van der Waals surface area contributed by atoms with Crippen LogP contribution in [0.25, 0.3) is 0 Å². The Balaban J connectivity index is 2.04. The molecule has 3 heteroatoms. The molecule has 2 heterocycles. The van der Waals surface area contributed by atoms with Crippen LogP contribution in [0.5, 0.6) is 0 Å². The molecule has 0 amide bonds. The Kier molecular flexibility index (Phi) is 2.81. The van der Waals surface area contributed by atoms with E-state index in [1.54, 1.807) is 0 Å². The van der Waals surface area contributed by atoms with Crippen molar-refractivity contribution in [1.29, 1.82) is 0 Å². The summed E-state index contributed by atoms with van der Waals surface area (Å²) in [7, 11) is 0. The minimum Gasteiger partial charge on any atom is -0.396 e. The van der Waals surface area contributed by atoms with Crippen LogP contribution in [-0.4, -0.2) is 30.8 Å². The van der Waals surface area contributed by atoms with Gasteiger partial charge in [0, 0.05) is 30.1 Å². The van der Waals surface area contributed by atoms with Crippen molar-refractivity contribution in [1.82, 2.24) is 5.32 Å². The third-order valence-electron chi connectivity index (χ3n) is 4.28. The van der Waals surface area contributed by atoms with Crippen LogP contribution in [0.2, 0.25) is 0 Å². The van der Waals surface area contributed by atoms with Gasteiger partial charge in [0.15, 0.2) is 0 Å². The van der Waals surface area contributed by atoms with Crippen molar-refractivity contribution in [3.05, 3.63) is 29.3 Å². The number of aliphatic hydroxyl groups is 1. The standard InChI is InChI=1S/C14H20N2O/c1-9-3-2-4-10-12(8-17)11-7-15-6-5-13(11)16-14(9)10/h2-4,11-13,15-17H,5-8H2,1H3. The number of hydrogen-bond donors (Lipinski definition) is 3. The molecule has 3 unspecified atom stereocenters. The van der Waals surface area contributed by atoms with Gasteiger partial charge in [0.25, 0.3) is 0 Å². The Bertz CT molecular complexity index is 419. The zero-order valence-corrected chi connectivity index (χ0v) is 10.2. The lowest BCUT2D eigenvalue weighted by atomic mass is 9.74. The highest BCUT2D eigenvalue weighted by atomic mass is 16.3. The fourth-order valence-electron chi connectivity index (χ4n) is 3.33. The molecule has 0 bridgehead atoms. The summed E-state index contributed by atoms with van der Waals surface area (Å²) in [4.78, 5) is 0. The van der Waals surface area contributed by atoms with Gasteiger partial charge in [-0.05, 0) is 31.0 Å². The smallest absolute Gasteiger partial charge is 0.0504 e. The molecule has 2 aliphatic heterocycles. The van der Waals surface area contributed by atoms with Crippen molar-refractivity contribution in [2.24, 2.45) is 5.92 Å². The average molecular weight is 232 g/mol. The number of para-hydroxylation sites is 1. The fourth-order valence-corrected chi connectivity index (χ4v) is 3.33. The molecule has 3 rings (SSSR count). The Labute approximate surface area is 102 Å². The van der Waals surface area contributed by atoms with E-state index < -0.39 is 0 Å². The summed E-state index contributed by atoms with van der Waals surface area (Å²) < 4.78 is 0. The first kappa shape index (κ1) is 11.1. The molecule has 1 aromatic carbocycles. The average Bonchev–Trinajstić information content (AvgIpc) is 2.37. The van der Waals surface area contributed by atoms with E-state index in [1.165, 1.54) is 16.8 Å². The normalized spacial score (nSPS) is 31.3. The molecule has 17 heavy (non-hydrogen) atoms. The van der Waals surface area contributed by atoms with E-state index in [-0.39, 0.29) is 12.5 Å². The number of hydrogen-bond acceptors (Lipinski definition) is 3. The maximum Gasteiger partial charge on any atom is 0.0504 e. The zero-order valence-electron chi connectivity index (χ0n) is 10.2. The van der Waals surface area contributed by atoms with Gasteiger partial charge in [-0.2, -0.15) is 0 Å². The summed E-state index contributed by atoms with van der Waals surface area (Å²) in [5, 5.41) is 16.8. The van der Waals surface area contributed by atoms with Crippen LogP contribution in [0.1, 0.15) is 23.5 Å². The summed E-state index contributed by atoms with van der Waals surface area (Å²) in [5.41, 5.74) is 3.84. The highest BCUT2D eigenvalue weighted by Gasteiger charge is 2.37. The SMILES string of the molecule is Cc1cccc2c1NC1CCNCC1C2CO. The molecule has 0 aromatic heterocycles. The maximum absolute atomic E-state index is 9.71. The number of nitrogens with one attached hydrogen (secondary N) is 2. The minimum absolute atomic E-state index is 0.251. The first-order valence-corrected chi connectivity index (χ1v) is 6.49. The molecule has 1 fully saturated rings. The number of aliphatic hydroxyl groups excluding tert-OH is 1. The number of aryl methyl sites for hydroxylation is 1. The molecule has 1 saturated heterocycles. The molecular formula is C14H20N2O. The molecule has 2 aliphatic rings. The number of anilines is 1. The number of rotatable bonds is 1. The Morgan fingerprint density at radius 3 is 3.12 bits per heavy atom. The van der Waals surface area contributed by atoms with Gasteiger partial charge in [-0.25, -0.2) is 0 Å². The number of fused-ring (bicyclic) bond motifs is 2. The van der Waals surface area contributed by atoms with Crippen molar-refractivity contribution >= 4 is 5.69 Å². The molecule has 0 spiro atoms. The van der Waals surface area contributed by atoms with Gasteiger partial charge in [0.2, 0.25) is 0 Å². The fraction of sp³-hybridized carbons (Fsp3) is 0.571. The summed E-state index contributed by atoms with van der Waals surface area (Å²) in [6.45, 7) is 4.48. The van der Waals surface area contributed by atoms with Crippen LogP contribution >= 0.6 is 0 Å². The van der Waals surface area contributed by atoms with Crippen molar-refractivity contribution < 1.29 is 5.11 Å². The number of piperidine rings is 1. The lowest BCUT2D eigenvalue weighted by Crippen LogP contribution is -2.49.